The number of esters is 1. The average Bonchev–Trinajstić information content (AvgIpc) is 3.36. The van der Waals surface area contributed by atoms with Crippen LogP contribution in [0.15, 0.2) is 24.7 Å². The minimum atomic E-state index is -0.108. The third-order valence-corrected chi connectivity index (χ3v) is 6.64. The molecule has 3 heterocycles. The van der Waals surface area contributed by atoms with Gasteiger partial charge in [-0.05, 0) is 37.8 Å². The van der Waals surface area contributed by atoms with E-state index in [1.54, 1.807) is 31.0 Å². The predicted molar refractivity (Wildman–Crippen MR) is 115 cm³/mol. The number of nitrogens with one attached hydrogen (secondary N) is 2. The Balaban J connectivity index is 1.53. The van der Waals surface area contributed by atoms with Gasteiger partial charge in [0.05, 0.1) is 42.4 Å². The number of aryl methyl sites for hydroxylation is 1. The summed E-state index contributed by atoms with van der Waals surface area (Å²) in [5.41, 5.74) is 2.94. The van der Waals surface area contributed by atoms with Crippen molar-refractivity contribution in [2.75, 3.05) is 19.0 Å². The summed E-state index contributed by atoms with van der Waals surface area (Å²) in [4.78, 5) is 23.3. The summed E-state index contributed by atoms with van der Waals surface area (Å²) in [6, 6.07) is 3.90. The molecule has 3 aromatic heterocycles. The van der Waals surface area contributed by atoms with Gasteiger partial charge in [-0.2, -0.15) is 5.10 Å². The Kier molecular flexibility index (Phi) is 4.74. The molecule has 9 heteroatoms. The number of nitrogens with zero attached hydrogens (tertiary/aromatic N) is 3. The summed E-state index contributed by atoms with van der Waals surface area (Å²) in [5.74, 6) is 1.25. The van der Waals surface area contributed by atoms with Crippen LogP contribution in [0.5, 0.6) is 5.75 Å². The molecule has 154 valence electrons. The molecule has 0 aliphatic heterocycles. The molecule has 0 spiro atoms. The van der Waals surface area contributed by atoms with Crippen molar-refractivity contribution in [2.45, 2.75) is 26.2 Å². The summed E-state index contributed by atoms with van der Waals surface area (Å²) < 4.78 is 10.8. The first-order chi connectivity index (χ1) is 14.7. The second kappa shape index (κ2) is 7.56. The molecule has 0 saturated heterocycles. The molecule has 1 atom stereocenters. The van der Waals surface area contributed by atoms with Crippen LogP contribution in [-0.2, 0) is 22.4 Å². The van der Waals surface area contributed by atoms with Crippen LogP contribution in [0, 0.1) is 5.92 Å². The Labute approximate surface area is 176 Å². The number of carbonyl (C=O) groups is 1. The molecule has 0 unspecified atom stereocenters. The zero-order valence-corrected chi connectivity index (χ0v) is 17.5. The molecule has 2 N–H and O–H groups in total. The number of hydrogen-bond acceptors (Lipinski definition) is 8. The molecule has 0 amide bonds. The number of hydrogen-bond donors (Lipinski definition) is 2. The Morgan fingerprint density at radius 1 is 1.37 bits per heavy atom. The monoisotopic (exact) mass is 423 g/mol. The lowest BCUT2D eigenvalue weighted by atomic mass is 9.88. The molecular formula is C21H21N5O3S. The van der Waals surface area contributed by atoms with Crippen LogP contribution < -0.4 is 10.1 Å². The summed E-state index contributed by atoms with van der Waals surface area (Å²) in [7, 11) is 1.64. The molecular weight excluding hydrogens is 402 g/mol. The van der Waals surface area contributed by atoms with E-state index in [9.17, 15) is 4.79 Å². The molecule has 0 radical (unpaired) electrons. The molecule has 0 bridgehead atoms. The number of aromatic amines is 1. The van der Waals surface area contributed by atoms with Crippen molar-refractivity contribution in [1.82, 2.24) is 20.2 Å². The van der Waals surface area contributed by atoms with Crippen molar-refractivity contribution in [3.8, 4) is 5.75 Å². The van der Waals surface area contributed by atoms with Crippen LogP contribution in [0.3, 0.4) is 0 Å². The summed E-state index contributed by atoms with van der Waals surface area (Å²) in [5, 5.41) is 12.5. The zero-order valence-electron chi connectivity index (χ0n) is 16.7. The third-order valence-electron chi connectivity index (χ3n) is 5.48. The summed E-state index contributed by atoms with van der Waals surface area (Å²) in [6.07, 6.45) is 5.61. The van der Waals surface area contributed by atoms with Gasteiger partial charge in [0.1, 0.15) is 22.7 Å². The maximum absolute atomic E-state index is 12.2. The Morgan fingerprint density at radius 3 is 3.10 bits per heavy atom. The number of H-pyrrole nitrogens is 1. The van der Waals surface area contributed by atoms with Gasteiger partial charge in [0.15, 0.2) is 0 Å². The number of rotatable bonds is 5. The van der Waals surface area contributed by atoms with Gasteiger partial charge in [-0.25, -0.2) is 9.97 Å². The van der Waals surface area contributed by atoms with Crippen molar-refractivity contribution in [1.29, 1.82) is 0 Å². The van der Waals surface area contributed by atoms with E-state index in [-0.39, 0.29) is 11.9 Å². The van der Waals surface area contributed by atoms with Gasteiger partial charge in [-0.15, -0.1) is 11.3 Å². The van der Waals surface area contributed by atoms with Crippen LogP contribution in [0.1, 0.15) is 23.8 Å². The molecule has 0 fully saturated rings. The van der Waals surface area contributed by atoms with Gasteiger partial charge in [0.2, 0.25) is 0 Å². The number of methoxy groups -OCH3 is 1. The summed E-state index contributed by atoms with van der Waals surface area (Å²) in [6.45, 7) is 2.26. The van der Waals surface area contributed by atoms with Crippen LogP contribution in [-0.4, -0.2) is 39.9 Å². The number of benzene rings is 1. The largest absolute Gasteiger partial charge is 0.494 e. The minimum absolute atomic E-state index is 0.0847. The van der Waals surface area contributed by atoms with Crippen molar-refractivity contribution in [3.63, 3.8) is 0 Å². The van der Waals surface area contributed by atoms with Gasteiger partial charge in [-0.1, -0.05) is 0 Å². The quantitative estimate of drug-likeness (QED) is 0.468. The molecule has 1 aliphatic rings. The van der Waals surface area contributed by atoms with Crippen molar-refractivity contribution < 1.29 is 14.3 Å². The fourth-order valence-electron chi connectivity index (χ4n) is 4.03. The average molecular weight is 423 g/mol. The van der Waals surface area contributed by atoms with Gasteiger partial charge < -0.3 is 14.8 Å². The van der Waals surface area contributed by atoms with Gasteiger partial charge in [-0.3, -0.25) is 9.89 Å². The normalized spacial score (nSPS) is 15.9. The highest BCUT2D eigenvalue weighted by molar-refractivity contribution is 7.19. The smallest absolute Gasteiger partial charge is 0.309 e. The first kappa shape index (κ1) is 18.8. The maximum Gasteiger partial charge on any atom is 0.309 e. The van der Waals surface area contributed by atoms with E-state index < -0.39 is 0 Å². The number of carbonyl (C=O) groups excluding carboxylic acids is 1. The fraction of sp³-hybridized carbons (Fsp3) is 0.333. The highest BCUT2D eigenvalue weighted by Gasteiger charge is 2.30. The van der Waals surface area contributed by atoms with Crippen molar-refractivity contribution in [3.05, 3.63) is 35.1 Å². The first-order valence-corrected chi connectivity index (χ1v) is 10.7. The second-order valence-electron chi connectivity index (χ2n) is 7.23. The maximum atomic E-state index is 12.2. The van der Waals surface area contributed by atoms with Gasteiger partial charge >= 0.3 is 5.97 Å². The Morgan fingerprint density at radius 2 is 2.27 bits per heavy atom. The van der Waals surface area contributed by atoms with Crippen LogP contribution in [0.4, 0.5) is 11.5 Å². The van der Waals surface area contributed by atoms with Gasteiger partial charge in [0, 0.05) is 16.3 Å². The van der Waals surface area contributed by atoms with E-state index in [4.69, 9.17) is 9.47 Å². The van der Waals surface area contributed by atoms with E-state index in [2.05, 4.69) is 25.5 Å². The number of thiophene rings is 1. The van der Waals surface area contributed by atoms with Gasteiger partial charge in [0.25, 0.3) is 0 Å². The van der Waals surface area contributed by atoms with Crippen LogP contribution in [0.2, 0.25) is 0 Å². The number of fused-ring (bicyclic) bond motifs is 4. The van der Waals surface area contributed by atoms with E-state index in [1.165, 1.54) is 10.4 Å². The second-order valence-corrected chi connectivity index (χ2v) is 8.32. The predicted octanol–water partition coefficient (Wildman–Crippen LogP) is 3.99. The Hall–Kier alpha value is -3.20. The zero-order chi connectivity index (χ0) is 20.7. The molecule has 1 aromatic carbocycles. The number of anilines is 2. The Bertz CT molecular complexity index is 1250. The molecule has 30 heavy (non-hydrogen) atoms. The lowest BCUT2D eigenvalue weighted by Gasteiger charge is -2.20. The lowest BCUT2D eigenvalue weighted by Crippen LogP contribution is -2.23. The molecule has 4 aromatic rings. The molecule has 1 aliphatic carbocycles. The van der Waals surface area contributed by atoms with E-state index in [0.717, 1.165) is 45.5 Å². The SMILES string of the molecule is CCOC(=O)[C@@H]1CCc2c(sc3ncnc(Nc4cc5cn[nH]c5cc4OC)c23)C1. The standard InChI is InChI=1S/C21H21N5O3S/c1-3-29-21(27)11-4-5-13-17(7-11)30-20-18(13)19(22-10-23-20)25-15-6-12-9-24-26-14(12)8-16(15)28-2/h6,8-11H,3-5,7H2,1-2H3,(H,24,26)(H,22,23,25)/t11-/m1/s1. The first-order valence-electron chi connectivity index (χ1n) is 9.88. The lowest BCUT2D eigenvalue weighted by molar-refractivity contribution is -0.148. The van der Waals surface area contributed by atoms with Crippen molar-refractivity contribution >= 4 is 49.9 Å². The van der Waals surface area contributed by atoms with Crippen molar-refractivity contribution in [2.24, 2.45) is 5.92 Å². The third kappa shape index (κ3) is 3.15. The van der Waals surface area contributed by atoms with Crippen LogP contribution in [0.25, 0.3) is 21.1 Å². The fourth-order valence-corrected chi connectivity index (χ4v) is 5.30. The highest BCUT2D eigenvalue weighted by atomic mass is 32.1. The van der Waals surface area contributed by atoms with E-state index >= 15 is 0 Å². The molecule has 0 saturated carbocycles. The molecule has 5 rings (SSSR count). The minimum Gasteiger partial charge on any atom is -0.494 e. The highest BCUT2D eigenvalue weighted by Crippen LogP contribution is 2.41. The van der Waals surface area contributed by atoms with E-state index in [0.29, 0.717) is 18.8 Å². The van der Waals surface area contributed by atoms with Crippen LogP contribution >= 0.6 is 11.3 Å². The topological polar surface area (TPSA) is 102 Å². The van der Waals surface area contributed by atoms with E-state index in [1.807, 2.05) is 19.1 Å². The number of aromatic nitrogens is 4. The number of ether oxygens (including phenoxy) is 2. The molecule has 8 nitrogen and oxygen atoms in total. The summed E-state index contributed by atoms with van der Waals surface area (Å²) >= 11 is 1.63.